The number of hydrogen-bond acceptors (Lipinski definition) is 2. The van der Waals surface area contributed by atoms with Gasteiger partial charge in [-0.2, -0.15) is 0 Å². The lowest BCUT2D eigenvalue weighted by molar-refractivity contribution is 0.125. The molecule has 1 aliphatic carbocycles. The van der Waals surface area contributed by atoms with E-state index in [1.807, 2.05) is 0 Å². The molecular weight excluding hydrogens is 174 g/mol. The molecule has 1 fully saturated rings. The molecule has 0 aromatic heterocycles. The van der Waals surface area contributed by atoms with E-state index < -0.39 is 0 Å². The Hall–Kier alpha value is -0.0800. The summed E-state index contributed by atoms with van der Waals surface area (Å²) in [5, 5.41) is 9.26. The molecular formula is C12H25NO. The first kappa shape index (κ1) is 12.0. The minimum Gasteiger partial charge on any atom is -0.396 e. The third-order valence-electron chi connectivity index (χ3n) is 3.65. The summed E-state index contributed by atoms with van der Waals surface area (Å²) >= 11 is 0. The molecule has 14 heavy (non-hydrogen) atoms. The van der Waals surface area contributed by atoms with Crippen molar-refractivity contribution in [2.45, 2.75) is 45.6 Å². The first-order chi connectivity index (χ1) is 6.65. The van der Waals surface area contributed by atoms with Crippen LogP contribution in [0.2, 0.25) is 0 Å². The maximum Gasteiger partial charge on any atom is 0.0473 e. The third kappa shape index (κ3) is 3.25. The first-order valence-electron chi connectivity index (χ1n) is 5.96. The Morgan fingerprint density at radius 2 is 1.86 bits per heavy atom. The standard InChI is InChI=1S/C12H25NO/c1-10(2)11(9-14)8-13(3)12-6-4-5-7-12/h10-12,14H,4-9H2,1-3H3. The molecule has 0 saturated heterocycles. The normalized spacial score (nSPS) is 21.0. The van der Waals surface area contributed by atoms with Crippen molar-refractivity contribution >= 4 is 0 Å². The molecule has 1 rings (SSSR count). The Morgan fingerprint density at radius 3 is 2.29 bits per heavy atom. The van der Waals surface area contributed by atoms with E-state index in [-0.39, 0.29) is 0 Å². The molecule has 0 aromatic rings. The van der Waals surface area contributed by atoms with E-state index in [4.69, 9.17) is 0 Å². The molecule has 0 amide bonds. The second-order valence-corrected chi connectivity index (χ2v) is 5.06. The Kier molecular flexibility index (Phi) is 4.90. The summed E-state index contributed by atoms with van der Waals surface area (Å²) < 4.78 is 0. The highest BCUT2D eigenvalue weighted by molar-refractivity contribution is 4.77. The fourth-order valence-electron chi connectivity index (χ4n) is 2.34. The van der Waals surface area contributed by atoms with Gasteiger partial charge in [0.15, 0.2) is 0 Å². The Labute approximate surface area is 88.3 Å². The quantitative estimate of drug-likeness (QED) is 0.733. The van der Waals surface area contributed by atoms with Gasteiger partial charge in [-0.05, 0) is 31.7 Å². The predicted octanol–water partition coefficient (Wildman–Crippen LogP) is 2.13. The highest BCUT2D eigenvalue weighted by Gasteiger charge is 2.22. The topological polar surface area (TPSA) is 23.5 Å². The summed E-state index contributed by atoms with van der Waals surface area (Å²) in [5.41, 5.74) is 0. The predicted molar refractivity (Wildman–Crippen MR) is 60.3 cm³/mol. The van der Waals surface area contributed by atoms with Crippen LogP contribution in [0.4, 0.5) is 0 Å². The Morgan fingerprint density at radius 1 is 1.29 bits per heavy atom. The van der Waals surface area contributed by atoms with Crippen molar-refractivity contribution in [3.8, 4) is 0 Å². The van der Waals surface area contributed by atoms with E-state index in [9.17, 15) is 5.11 Å². The third-order valence-corrected chi connectivity index (χ3v) is 3.65. The van der Waals surface area contributed by atoms with Gasteiger partial charge in [0.05, 0.1) is 0 Å². The van der Waals surface area contributed by atoms with Crippen LogP contribution >= 0.6 is 0 Å². The molecule has 84 valence electrons. The van der Waals surface area contributed by atoms with E-state index in [1.165, 1.54) is 25.7 Å². The van der Waals surface area contributed by atoms with Crippen LogP contribution < -0.4 is 0 Å². The number of aliphatic hydroxyl groups is 1. The van der Waals surface area contributed by atoms with Crippen molar-refractivity contribution < 1.29 is 5.11 Å². The van der Waals surface area contributed by atoms with Crippen LogP contribution in [-0.4, -0.2) is 36.2 Å². The zero-order valence-corrected chi connectivity index (χ0v) is 9.87. The lowest BCUT2D eigenvalue weighted by Gasteiger charge is -2.29. The molecule has 0 aromatic carbocycles. The summed E-state index contributed by atoms with van der Waals surface area (Å²) in [6.07, 6.45) is 5.49. The van der Waals surface area contributed by atoms with Gasteiger partial charge in [0.1, 0.15) is 0 Å². The van der Waals surface area contributed by atoms with Crippen LogP contribution in [-0.2, 0) is 0 Å². The van der Waals surface area contributed by atoms with Gasteiger partial charge in [0.2, 0.25) is 0 Å². The summed E-state index contributed by atoms with van der Waals surface area (Å²) in [4.78, 5) is 2.45. The summed E-state index contributed by atoms with van der Waals surface area (Å²) in [6.45, 7) is 5.78. The number of hydrogen-bond donors (Lipinski definition) is 1. The Balaban J connectivity index is 2.33. The number of nitrogens with zero attached hydrogens (tertiary/aromatic N) is 1. The smallest absolute Gasteiger partial charge is 0.0473 e. The van der Waals surface area contributed by atoms with E-state index >= 15 is 0 Å². The fourth-order valence-corrected chi connectivity index (χ4v) is 2.34. The van der Waals surface area contributed by atoms with Crippen molar-refractivity contribution in [3.63, 3.8) is 0 Å². The SMILES string of the molecule is CC(C)C(CO)CN(C)C1CCCC1. The molecule has 0 aliphatic heterocycles. The van der Waals surface area contributed by atoms with Gasteiger partial charge in [0.25, 0.3) is 0 Å². The maximum absolute atomic E-state index is 9.26. The van der Waals surface area contributed by atoms with Gasteiger partial charge in [-0.1, -0.05) is 26.7 Å². The van der Waals surface area contributed by atoms with Crippen LogP contribution in [0.3, 0.4) is 0 Å². The van der Waals surface area contributed by atoms with Gasteiger partial charge in [-0.3, -0.25) is 0 Å². The molecule has 1 unspecified atom stereocenters. The van der Waals surface area contributed by atoms with Gasteiger partial charge in [0, 0.05) is 19.2 Å². The zero-order valence-electron chi connectivity index (χ0n) is 9.87. The van der Waals surface area contributed by atoms with E-state index in [2.05, 4.69) is 25.8 Å². The molecule has 0 spiro atoms. The molecule has 0 bridgehead atoms. The van der Waals surface area contributed by atoms with Crippen LogP contribution in [0.5, 0.6) is 0 Å². The number of rotatable bonds is 5. The van der Waals surface area contributed by atoms with Crippen molar-refractivity contribution in [1.82, 2.24) is 4.90 Å². The number of aliphatic hydroxyl groups excluding tert-OH is 1. The second kappa shape index (κ2) is 5.72. The fraction of sp³-hybridized carbons (Fsp3) is 1.00. The van der Waals surface area contributed by atoms with Crippen LogP contribution in [0.1, 0.15) is 39.5 Å². The lowest BCUT2D eigenvalue weighted by atomic mass is 9.96. The van der Waals surface area contributed by atoms with Crippen LogP contribution in [0, 0.1) is 11.8 Å². The van der Waals surface area contributed by atoms with Gasteiger partial charge < -0.3 is 10.0 Å². The van der Waals surface area contributed by atoms with Crippen molar-refractivity contribution in [3.05, 3.63) is 0 Å². The minimum atomic E-state index is 0.328. The largest absolute Gasteiger partial charge is 0.396 e. The second-order valence-electron chi connectivity index (χ2n) is 5.06. The molecule has 1 N–H and O–H groups in total. The van der Waals surface area contributed by atoms with Crippen LogP contribution in [0.15, 0.2) is 0 Å². The zero-order chi connectivity index (χ0) is 10.6. The first-order valence-corrected chi connectivity index (χ1v) is 5.96. The lowest BCUT2D eigenvalue weighted by Crippen LogP contribution is -2.36. The molecule has 0 heterocycles. The molecule has 2 heteroatoms. The average Bonchev–Trinajstić information content (AvgIpc) is 2.65. The van der Waals surface area contributed by atoms with E-state index in [0.717, 1.165) is 12.6 Å². The molecule has 1 saturated carbocycles. The van der Waals surface area contributed by atoms with Crippen molar-refractivity contribution in [2.75, 3.05) is 20.2 Å². The van der Waals surface area contributed by atoms with Crippen molar-refractivity contribution in [2.24, 2.45) is 11.8 Å². The highest BCUT2D eigenvalue weighted by atomic mass is 16.3. The summed E-state index contributed by atoms with van der Waals surface area (Å²) in [5.74, 6) is 1.03. The summed E-state index contributed by atoms with van der Waals surface area (Å²) in [7, 11) is 2.21. The van der Waals surface area contributed by atoms with Gasteiger partial charge in [-0.15, -0.1) is 0 Å². The minimum absolute atomic E-state index is 0.328. The average molecular weight is 199 g/mol. The maximum atomic E-state index is 9.26. The van der Waals surface area contributed by atoms with E-state index in [1.54, 1.807) is 0 Å². The van der Waals surface area contributed by atoms with Gasteiger partial charge >= 0.3 is 0 Å². The molecule has 2 nitrogen and oxygen atoms in total. The van der Waals surface area contributed by atoms with E-state index in [0.29, 0.717) is 18.4 Å². The summed E-state index contributed by atoms with van der Waals surface area (Å²) in [6, 6.07) is 0.780. The monoisotopic (exact) mass is 199 g/mol. The highest BCUT2D eigenvalue weighted by Crippen LogP contribution is 2.24. The van der Waals surface area contributed by atoms with Crippen LogP contribution in [0.25, 0.3) is 0 Å². The molecule has 1 aliphatic rings. The van der Waals surface area contributed by atoms with Gasteiger partial charge in [-0.25, -0.2) is 0 Å². The van der Waals surface area contributed by atoms with Crippen molar-refractivity contribution in [1.29, 1.82) is 0 Å². The molecule has 0 radical (unpaired) electrons. The molecule has 1 atom stereocenters. The Bertz CT molecular complexity index is 152.